The molecule has 35 heteroatoms. The zero-order valence-corrected chi connectivity index (χ0v) is 41.2. The lowest BCUT2D eigenvalue weighted by molar-refractivity contribution is -0.391. The van der Waals surface area contributed by atoms with E-state index in [1.54, 1.807) is 0 Å². The Kier molecular flexibility index (Phi) is 20.8. The Bertz CT molecular complexity index is 1490. The van der Waals surface area contributed by atoms with Crippen LogP contribution in [0.4, 0.5) is 0 Å². The van der Waals surface area contributed by atoms with Gasteiger partial charge in [-0.15, -0.1) is 0 Å². The number of nitrogens with two attached hydrogens (primary N) is 7. The summed E-state index contributed by atoms with van der Waals surface area (Å²) in [5.41, 5.74) is 42.1. The van der Waals surface area contributed by atoms with E-state index in [0.29, 0.717) is 0 Å². The van der Waals surface area contributed by atoms with E-state index < -0.39 is 261 Å². The summed E-state index contributed by atoms with van der Waals surface area (Å²) in [6, 6.07) is 0. The van der Waals surface area contributed by atoms with Crippen LogP contribution in [0.5, 0.6) is 0 Å². The van der Waals surface area contributed by atoms with Gasteiger partial charge in [0, 0.05) is 45.8 Å². The lowest BCUT2D eigenvalue weighted by Gasteiger charge is -2.50. The second-order valence-corrected chi connectivity index (χ2v) is 20.0. The lowest BCUT2D eigenvalue weighted by atomic mass is 9.95. The molecule has 21 saturated heterocycles. The minimum absolute atomic E-state index is 0.466. The van der Waals surface area contributed by atoms with Crippen LogP contribution in [-0.2, 0) is 66.3 Å². The van der Waals surface area contributed by atoms with E-state index in [0.717, 1.165) is 0 Å². The largest absolute Gasteiger partial charge is 0.387 e. The molecular weight excluding hydrogens is 1050 g/mol. The van der Waals surface area contributed by atoms with E-state index in [1.165, 1.54) is 0 Å². The van der Waals surface area contributed by atoms with Crippen LogP contribution in [0, 0.1) is 0 Å². The van der Waals surface area contributed by atoms with Gasteiger partial charge in [0.2, 0.25) is 0 Å². The molecule has 0 radical (unpaired) electrons. The Labute approximate surface area is 438 Å². The number of aliphatic hydroxyl groups is 14. The molecule has 0 aromatic carbocycles. The van der Waals surface area contributed by atoms with E-state index in [-0.39, 0.29) is 0 Å². The summed E-state index contributed by atoms with van der Waals surface area (Å²) in [6.07, 6.45) is -62.7. The van der Waals surface area contributed by atoms with E-state index >= 15 is 0 Å². The van der Waals surface area contributed by atoms with Crippen molar-refractivity contribution in [3.8, 4) is 0 Å². The summed E-state index contributed by atoms with van der Waals surface area (Å²) in [7, 11) is 0. The van der Waals surface area contributed by atoms with Crippen molar-refractivity contribution in [1.82, 2.24) is 0 Å². The van der Waals surface area contributed by atoms with Gasteiger partial charge in [-0.1, -0.05) is 0 Å². The monoisotopic (exact) mass is 1130 g/mol. The summed E-state index contributed by atoms with van der Waals surface area (Å²) < 4.78 is 82.4. The van der Waals surface area contributed by atoms with Crippen molar-refractivity contribution in [2.75, 3.05) is 45.8 Å². The Hall–Kier alpha value is -1.40. The van der Waals surface area contributed by atoms with Gasteiger partial charge >= 0.3 is 0 Å². The smallest absolute Gasteiger partial charge is 0.187 e. The normalized spacial score (nSPS) is 55.4. The van der Waals surface area contributed by atoms with Crippen molar-refractivity contribution in [3.63, 3.8) is 0 Å². The fourth-order valence-electron chi connectivity index (χ4n) is 10.7. The lowest BCUT2D eigenvalue weighted by Crippen LogP contribution is -2.69. The number of aliphatic hydroxyl groups excluding tert-OH is 14. The summed E-state index contributed by atoms with van der Waals surface area (Å²) in [5.74, 6) is 0. The van der Waals surface area contributed by atoms with Crippen molar-refractivity contribution in [1.29, 1.82) is 0 Å². The molecule has 21 aliphatic rings. The predicted molar refractivity (Wildman–Crippen MR) is 242 cm³/mol. The highest BCUT2D eigenvalue weighted by molar-refractivity contribution is 5.02. The fourth-order valence-corrected chi connectivity index (χ4v) is 10.7. The zero-order valence-electron chi connectivity index (χ0n) is 41.2. The molecule has 0 saturated carbocycles. The van der Waals surface area contributed by atoms with Crippen molar-refractivity contribution >= 4 is 0 Å². The minimum atomic E-state index is -2.05. The van der Waals surface area contributed by atoms with E-state index in [4.69, 9.17) is 106 Å². The molecule has 0 spiro atoms. The second-order valence-electron chi connectivity index (χ2n) is 20.0. The molecule has 0 aliphatic carbocycles. The Morgan fingerprint density at radius 3 is 0.364 bits per heavy atom. The first-order valence-electron chi connectivity index (χ1n) is 25.3. The average molecular weight is 1130 g/mol. The van der Waals surface area contributed by atoms with Crippen LogP contribution in [0.25, 0.3) is 0 Å². The van der Waals surface area contributed by atoms with Crippen molar-refractivity contribution in [2.24, 2.45) is 40.1 Å². The third kappa shape index (κ3) is 12.1. The molecule has 35 atom stereocenters. The predicted octanol–water partition coefficient (Wildman–Crippen LogP) is -15.5. The van der Waals surface area contributed by atoms with Crippen molar-refractivity contribution in [2.45, 2.75) is 215 Å². The molecule has 14 bridgehead atoms. The Balaban J connectivity index is 1.08. The number of hydrogen-bond donors (Lipinski definition) is 21. The Morgan fingerprint density at radius 1 is 0.169 bits per heavy atom. The van der Waals surface area contributed by atoms with Crippen LogP contribution in [-0.4, -0.2) is 332 Å². The molecule has 28 N–H and O–H groups in total. The van der Waals surface area contributed by atoms with Gasteiger partial charge in [-0.25, -0.2) is 0 Å². The summed E-state index contributed by atoms with van der Waals surface area (Å²) in [4.78, 5) is 0. The second kappa shape index (κ2) is 26.0. The van der Waals surface area contributed by atoms with Crippen LogP contribution >= 0.6 is 0 Å². The molecule has 21 rings (SSSR count). The van der Waals surface area contributed by atoms with Gasteiger partial charge in [0.15, 0.2) is 44.0 Å². The minimum Gasteiger partial charge on any atom is -0.387 e. The maximum atomic E-state index is 11.5. The molecule has 21 aliphatic heterocycles. The van der Waals surface area contributed by atoms with Gasteiger partial charge in [-0.2, -0.15) is 0 Å². The van der Waals surface area contributed by atoms with Gasteiger partial charge in [-0.3, -0.25) is 0 Å². The third-order valence-corrected chi connectivity index (χ3v) is 15.1. The first-order valence-corrected chi connectivity index (χ1v) is 25.3. The van der Waals surface area contributed by atoms with Crippen LogP contribution in [0.15, 0.2) is 0 Å². The molecule has 448 valence electrons. The van der Waals surface area contributed by atoms with Gasteiger partial charge < -0.3 is 178 Å². The van der Waals surface area contributed by atoms with E-state index in [2.05, 4.69) is 0 Å². The first kappa shape index (κ1) is 61.7. The van der Waals surface area contributed by atoms with Gasteiger partial charge in [0.05, 0.1) is 0 Å². The molecule has 0 unspecified atom stereocenters. The van der Waals surface area contributed by atoms with Crippen LogP contribution < -0.4 is 40.1 Å². The SMILES string of the molecule is NC[C@@H]1O[C@@H]2O[C@H]3[C@H](O)[C@@H](O)[C@@H](O[C@H]4[C@H](O)[C@H](O)[C@@H](O[C@H]5[C@H](O)[C@H](O)[C@@H](O[C@H]6[C@H](O)[C@H](O)[C@@H](O[C@H]7[C@H](O)[C@@H](O)[C@@H](O[C@H]8[C@H](O)[C@@H](O)[C@@H](O[C@H]1[C@H](O)[C@H]2O)O[C@H]8CN)O[C@@H]7CN)O[C@@H]6CN)O[C@@H]5CN)O[C@@H]4CN)O[C@H]3CN. The first-order chi connectivity index (χ1) is 36.7. The molecule has 77 heavy (non-hydrogen) atoms. The molecule has 21 heterocycles. The standard InChI is InChI=1S/C42H77N7O28/c43-1-8-29-15(50)22(57)36(64-8)72-30-9(2-44)66-38(24(59)17(30)52)74-32-11(4-46)68-40(26(61)19(32)54)76-34-13(6-48)70-42(28(63)21(34)56)77-35-14(7-49)69-41(27(62)20(35)55)75-33-12(5-47)67-39(25(60)18(33)53)73-31-10(3-45)65-37(71-29)23(58)16(31)51/h8-42,50-63H,1-7,43-49H2/t8-,9-,10-,11-,12+,13+,14+,15-,16-,17-,18-,19-,20-,21-,22+,23+,24+,25-,26-,27-,28-,29-,30-,31-,32-,33-,34-,35-,36-,37-,38-,39-,40-,41-,42-/m1/s1. The highest BCUT2D eigenvalue weighted by Crippen LogP contribution is 2.38. The van der Waals surface area contributed by atoms with Crippen LogP contribution in [0.3, 0.4) is 0 Å². The van der Waals surface area contributed by atoms with Crippen molar-refractivity contribution in [3.05, 3.63) is 0 Å². The zero-order chi connectivity index (χ0) is 56.1. The summed E-state index contributed by atoms with van der Waals surface area (Å²) >= 11 is 0. The molecule has 21 fully saturated rings. The third-order valence-electron chi connectivity index (χ3n) is 15.1. The van der Waals surface area contributed by atoms with E-state index in [9.17, 15) is 71.5 Å². The average Bonchev–Trinajstić information content (AvgIpc) is 3.45. The van der Waals surface area contributed by atoms with Gasteiger partial charge in [-0.05, 0) is 0 Å². The summed E-state index contributed by atoms with van der Waals surface area (Å²) in [5, 5.41) is 160. The molecule has 35 nitrogen and oxygen atoms in total. The topological polar surface area (TPSA) is 595 Å². The molecule has 0 aromatic heterocycles. The fraction of sp³-hybridized carbons (Fsp3) is 1.00. The molecule has 0 amide bonds. The molecule has 0 aromatic rings. The van der Waals surface area contributed by atoms with Gasteiger partial charge in [0.1, 0.15) is 171 Å². The highest BCUT2D eigenvalue weighted by atomic mass is 16.8. The maximum absolute atomic E-state index is 11.5. The molecular formula is C42H77N7O28. The van der Waals surface area contributed by atoms with E-state index in [1.807, 2.05) is 0 Å². The van der Waals surface area contributed by atoms with Crippen molar-refractivity contribution < 1.29 is 138 Å². The Morgan fingerprint density at radius 2 is 0.273 bits per heavy atom. The van der Waals surface area contributed by atoms with Crippen LogP contribution in [0.2, 0.25) is 0 Å². The highest BCUT2D eigenvalue weighted by Gasteiger charge is 2.59. The number of hydrogen-bond acceptors (Lipinski definition) is 35. The summed E-state index contributed by atoms with van der Waals surface area (Å²) in [6.45, 7) is -3.26. The maximum Gasteiger partial charge on any atom is 0.187 e. The van der Waals surface area contributed by atoms with Crippen LogP contribution in [0.1, 0.15) is 0 Å². The number of ether oxygens (including phenoxy) is 14. The quantitative estimate of drug-likeness (QED) is 0.113. The number of rotatable bonds is 7. The van der Waals surface area contributed by atoms with Gasteiger partial charge in [0.25, 0.3) is 0 Å².